The zero-order chi connectivity index (χ0) is 15.9. The predicted molar refractivity (Wildman–Crippen MR) is 80.0 cm³/mol. The molecule has 1 unspecified atom stereocenters. The van der Waals surface area contributed by atoms with Crippen molar-refractivity contribution in [1.82, 2.24) is 4.72 Å². The normalized spacial score (nSPS) is 12.1. The van der Waals surface area contributed by atoms with E-state index in [9.17, 15) is 13.2 Å². The third-order valence-electron chi connectivity index (χ3n) is 2.72. The van der Waals surface area contributed by atoms with Gasteiger partial charge in [-0.3, -0.25) is 4.79 Å². The molecule has 6 heteroatoms. The van der Waals surface area contributed by atoms with Crippen LogP contribution in [-0.2, 0) is 19.6 Å². The topological polar surface area (TPSA) is 72.5 Å². The lowest BCUT2D eigenvalue weighted by Gasteiger charge is -2.14. The first-order chi connectivity index (χ1) is 9.90. The van der Waals surface area contributed by atoms with Crippen molar-refractivity contribution in [3.8, 4) is 11.8 Å². The second-order valence-electron chi connectivity index (χ2n) is 4.42. The van der Waals surface area contributed by atoms with Crippen molar-refractivity contribution in [3.63, 3.8) is 0 Å². The number of hydrogen-bond donors (Lipinski definition) is 1. The fourth-order valence-corrected chi connectivity index (χ4v) is 2.77. The predicted octanol–water partition coefficient (Wildman–Crippen LogP) is 1.62. The largest absolute Gasteiger partial charge is 0.468 e. The van der Waals surface area contributed by atoms with Crippen LogP contribution in [0.15, 0.2) is 29.2 Å². The molecule has 0 aliphatic heterocycles. The van der Waals surface area contributed by atoms with Gasteiger partial charge in [0.2, 0.25) is 10.0 Å². The second kappa shape index (κ2) is 7.81. The molecule has 0 radical (unpaired) electrons. The lowest BCUT2D eigenvalue weighted by atomic mass is 10.2. The van der Waals surface area contributed by atoms with Gasteiger partial charge < -0.3 is 4.74 Å². The van der Waals surface area contributed by atoms with Gasteiger partial charge in [0.25, 0.3) is 0 Å². The first-order valence-electron chi connectivity index (χ1n) is 6.53. The molecule has 5 nitrogen and oxygen atoms in total. The maximum absolute atomic E-state index is 12.2. The van der Waals surface area contributed by atoms with E-state index in [0.29, 0.717) is 6.42 Å². The quantitative estimate of drug-likeness (QED) is 0.662. The number of methoxy groups -OCH3 is 1. The summed E-state index contributed by atoms with van der Waals surface area (Å²) < 4.78 is 31.4. The molecule has 0 spiro atoms. The lowest BCUT2D eigenvalue weighted by molar-refractivity contribution is -0.142. The number of rotatable bonds is 5. The van der Waals surface area contributed by atoms with Crippen LogP contribution in [0.3, 0.4) is 0 Å². The third kappa shape index (κ3) is 5.21. The fourth-order valence-electron chi connectivity index (χ4n) is 1.59. The highest BCUT2D eigenvalue weighted by Gasteiger charge is 2.25. The Balaban J connectivity index is 2.95. The van der Waals surface area contributed by atoms with Crippen LogP contribution in [0.4, 0.5) is 0 Å². The number of benzene rings is 1. The van der Waals surface area contributed by atoms with Crippen LogP contribution < -0.4 is 4.72 Å². The maximum Gasteiger partial charge on any atom is 0.324 e. The smallest absolute Gasteiger partial charge is 0.324 e. The van der Waals surface area contributed by atoms with E-state index in [1.54, 1.807) is 12.1 Å². The summed E-state index contributed by atoms with van der Waals surface area (Å²) in [5, 5.41) is 0. The van der Waals surface area contributed by atoms with Crippen molar-refractivity contribution in [2.24, 2.45) is 0 Å². The number of aryl methyl sites for hydroxylation is 1. The molecular weight excluding hydrogens is 290 g/mol. The number of carbonyl (C=O) groups is 1. The molecule has 0 saturated carbocycles. The summed E-state index contributed by atoms with van der Waals surface area (Å²) in [6.07, 6.45) is 0.713. The van der Waals surface area contributed by atoms with Crippen LogP contribution in [0.2, 0.25) is 0 Å². The Kier molecular flexibility index (Phi) is 6.40. The van der Waals surface area contributed by atoms with Gasteiger partial charge in [-0.2, -0.15) is 4.72 Å². The molecule has 0 bridgehead atoms. The second-order valence-corrected chi connectivity index (χ2v) is 6.14. The first-order valence-corrected chi connectivity index (χ1v) is 8.01. The molecule has 0 fully saturated rings. The van der Waals surface area contributed by atoms with Gasteiger partial charge in [0, 0.05) is 12.8 Å². The molecule has 0 aliphatic rings. The van der Waals surface area contributed by atoms with E-state index in [0.717, 1.165) is 5.56 Å². The van der Waals surface area contributed by atoms with E-state index in [1.807, 2.05) is 13.8 Å². The van der Waals surface area contributed by atoms with Gasteiger partial charge in [0.05, 0.1) is 12.0 Å². The van der Waals surface area contributed by atoms with Gasteiger partial charge in [0.15, 0.2) is 0 Å². The van der Waals surface area contributed by atoms with E-state index in [-0.39, 0.29) is 11.3 Å². The zero-order valence-corrected chi connectivity index (χ0v) is 13.2. The number of carbonyl (C=O) groups excluding carboxylic acids is 1. The average Bonchev–Trinajstić information content (AvgIpc) is 2.46. The van der Waals surface area contributed by atoms with Gasteiger partial charge in [-0.15, -0.1) is 11.8 Å². The van der Waals surface area contributed by atoms with Crippen molar-refractivity contribution in [1.29, 1.82) is 0 Å². The summed E-state index contributed by atoms with van der Waals surface area (Å²) in [4.78, 5) is 11.8. The molecule has 0 heterocycles. The van der Waals surface area contributed by atoms with Crippen molar-refractivity contribution in [3.05, 3.63) is 29.8 Å². The van der Waals surface area contributed by atoms with Crippen molar-refractivity contribution >= 4 is 16.0 Å². The minimum atomic E-state index is -3.79. The van der Waals surface area contributed by atoms with Gasteiger partial charge >= 0.3 is 5.97 Å². The van der Waals surface area contributed by atoms with Crippen molar-refractivity contribution < 1.29 is 17.9 Å². The van der Waals surface area contributed by atoms with E-state index in [2.05, 4.69) is 21.3 Å². The summed E-state index contributed by atoms with van der Waals surface area (Å²) in [6.45, 7) is 3.73. The van der Waals surface area contributed by atoms with Crippen LogP contribution in [0.25, 0.3) is 0 Å². The highest BCUT2D eigenvalue weighted by molar-refractivity contribution is 7.89. The number of nitrogens with one attached hydrogen (secondary N) is 1. The average molecular weight is 309 g/mol. The molecular formula is C15H19NO4S. The summed E-state index contributed by atoms with van der Waals surface area (Å²) in [5.41, 5.74) is 0.951. The van der Waals surface area contributed by atoms with E-state index >= 15 is 0 Å². The molecule has 1 rings (SSSR count). The Bertz CT molecular complexity index is 638. The van der Waals surface area contributed by atoms with E-state index in [4.69, 9.17) is 0 Å². The van der Waals surface area contributed by atoms with Crippen LogP contribution >= 0.6 is 0 Å². The van der Waals surface area contributed by atoms with Crippen molar-refractivity contribution in [2.75, 3.05) is 7.11 Å². The molecule has 21 heavy (non-hydrogen) atoms. The molecule has 1 N–H and O–H groups in total. The molecule has 114 valence electrons. The van der Waals surface area contributed by atoms with Crippen molar-refractivity contribution in [2.45, 2.75) is 37.6 Å². The third-order valence-corrected chi connectivity index (χ3v) is 4.21. The van der Waals surface area contributed by atoms with Crippen LogP contribution in [0.5, 0.6) is 0 Å². The number of esters is 1. The Morgan fingerprint density at radius 2 is 1.90 bits per heavy atom. The number of ether oxygens (including phenoxy) is 1. The van der Waals surface area contributed by atoms with Gasteiger partial charge in [0.1, 0.15) is 6.04 Å². The number of hydrogen-bond acceptors (Lipinski definition) is 4. The molecule has 0 aromatic heterocycles. The summed E-state index contributed by atoms with van der Waals surface area (Å²) in [7, 11) is -2.58. The zero-order valence-electron chi connectivity index (χ0n) is 12.3. The fraction of sp³-hybridized carbons (Fsp3) is 0.400. The minimum Gasteiger partial charge on any atom is -0.468 e. The molecule has 1 atom stereocenters. The Morgan fingerprint density at radius 3 is 2.43 bits per heavy atom. The molecule has 0 aliphatic carbocycles. The summed E-state index contributed by atoms with van der Waals surface area (Å²) in [5.74, 6) is 4.90. The van der Waals surface area contributed by atoms with Crippen LogP contribution in [0.1, 0.15) is 25.3 Å². The summed E-state index contributed by atoms with van der Waals surface area (Å²) in [6, 6.07) is 5.35. The minimum absolute atomic E-state index is 0.0750. The molecule has 1 aromatic rings. The molecule has 0 amide bonds. The molecule has 1 aromatic carbocycles. The first kappa shape index (κ1) is 17.2. The van der Waals surface area contributed by atoms with E-state index in [1.165, 1.54) is 19.2 Å². The SMILES string of the molecule is CCC#CCC(NS(=O)(=O)c1ccc(C)cc1)C(=O)OC. The molecule has 0 saturated heterocycles. The van der Waals surface area contributed by atoms with Crippen LogP contribution in [-0.4, -0.2) is 27.5 Å². The highest BCUT2D eigenvalue weighted by atomic mass is 32.2. The lowest BCUT2D eigenvalue weighted by Crippen LogP contribution is -2.41. The number of sulfonamides is 1. The van der Waals surface area contributed by atoms with Gasteiger partial charge in [-0.05, 0) is 19.1 Å². The standard InChI is InChI=1S/C15H19NO4S/c1-4-5-6-7-14(15(17)20-3)16-21(18,19)13-10-8-12(2)9-11-13/h8-11,14,16H,4,7H2,1-3H3. The van der Waals surface area contributed by atoms with Gasteiger partial charge in [-0.1, -0.05) is 24.6 Å². The summed E-state index contributed by atoms with van der Waals surface area (Å²) >= 11 is 0. The Hall–Kier alpha value is -1.84. The maximum atomic E-state index is 12.2. The monoisotopic (exact) mass is 309 g/mol. The van der Waals surface area contributed by atoms with E-state index < -0.39 is 22.0 Å². The van der Waals surface area contributed by atoms with Gasteiger partial charge in [-0.25, -0.2) is 8.42 Å². The van der Waals surface area contributed by atoms with Crippen LogP contribution in [0, 0.1) is 18.8 Å². The highest BCUT2D eigenvalue weighted by Crippen LogP contribution is 2.11. The Labute approximate surface area is 125 Å². The Morgan fingerprint density at radius 1 is 1.29 bits per heavy atom.